The minimum Gasteiger partial charge on any atom is -0.321 e. The Balaban J connectivity index is 1.44. The Morgan fingerprint density at radius 3 is 2.43 bits per heavy atom. The molecule has 4 aromatic rings. The molecule has 0 saturated heterocycles. The van der Waals surface area contributed by atoms with Crippen LogP contribution in [0.3, 0.4) is 0 Å². The van der Waals surface area contributed by atoms with Crippen LogP contribution in [0.1, 0.15) is 21.6 Å². The lowest BCUT2D eigenvalue weighted by molar-refractivity contribution is 0.102. The van der Waals surface area contributed by atoms with Crippen molar-refractivity contribution < 1.29 is 13.2 Å². The number of sulfonamides is 1. The Labute approximate surface area is 211 Å². The number of aromatic nitrogens is 4. The summed E-state index contributed by atoms with van der Waals surface area (Å²) in [5.74, 6) is 0.0637. The van der Waals surface area contributed by atoms with Gasteiger partial charge in [0.05, 0.1) is 16.1 Å². The Kier molecular flexibility index (Phi) is 7.59. The fraction of sp³-hybridized carbons (Fsp3) is 0.0870. The number of halogens is 1. The second kappa shape index (κ2) is 10.8. The van der Waals surface area contributed by atoms with Gasteiger partial charge in [-0.2, -0.15) is 0 Å². The SMILES string of the molecule is Cc1ccccc1CSc1ncc(Cl)c(C(=O)Nc2ccc(S(=O)(=O)Nc3ncccn3)cc2)n1. The lowest BCUT2D eigenvalue weighted by Gasteiger charge is -2.09. The zero-order valence-corrected chi connectivity index (χ0v) is 20.7. The summed E-state index contributed by atoms with van der Waals surface area (Å²) in [4.78, 5) is 29.0. The van der Waals surface area contributed by atoms with E-state index in [0.717, 1.165) is 11.1 Å². The molecule has 2 aromatic carbocycles. The summed E-state index contributed by atoms with van der Waals surface area (Å²) >= 11 is 7.56. The van der Waals surface area contributed by atoms with Crippen LogP contribution in [0.5, 0.6) is 0 Å². The second-order valence-electron chi connectivity index (χ2n) is 7.22. The van der Waals surface area contributed by atoms with Crippen molar-refractivity contribution in [3.05, 3.63) is 95.0 Å². The number of hydrogen-bond acceptors (Lipinski definition) is 8. The zero-order valence-electron chi connectivity index (χ0n) is 18.3. The number of nitrogens with zero attached hydrogens (tertiary/aromatic N) is 4. The topological polar surface area (TPSA) is 127 Å². The molecule has 35 heavy (non-hydrogen) atoms. The fourth-order valence-electron chi connectivity index (χ4n) is 2.93. The van der Waals surface area contributed by atoms with Crippen LogP contribution in [0, 0.1) is 6.92 Å². The van der Waals surface area contributed by atoms with E-state index in [1.807, 2.05) is 31.2 Å². The molecule has 0 spiro atoms. The van der Waals surface area contributed by atoms with Gasteiger partial charge in [-0.15, -0.1) is 0 Å². The molecule has 9 nitrogen and oxygen atoms in total. The Bertz CT molecular complexity index is 1450. The smallest absolute Gasteiger partial charge is 0.275 e. The number of rotatable bonds is 8. The highest BCUT2D eigenvalue weighted by Gasteiger charge is 2.18. The van der Waals surface area contributed by atoms with Crippen molar-refractivity contribution in [1.29, 1.82) is 0 Å². The van der Waals surface area contributed by atoms with Crippen molar-refractivity contribution >= 4 is 50.9 Å². The van der Waals surface area contributed by atoms with Gasteiger partial charge in [0.15, 0.2) is 10.9 Å². The van der Waals surface area contributed by atoms with E-state index in [4.69, 9.17) is 11.6 Å². The average Bonchev–Trinajstić information content (AvgIpc) is 2.85. The van der Waals surface area contributed by atoms with Gasteiger partial charge in [0.2, 0.25) is 5.95 Å². The second-order valence-corrected chi connectivity index (χ2v) is 10.3. The quantitative estimate of drug-likeness (QED) is 0.252. The summed E-state index contributed by atoms with van der Waals surface area (Å²) in [7, 11) is -3.89. The van der Waals surface area contributed by atoms with E-state index in [1.165, 1.54) is 54.6 Å². The Hall–Kier alpha value is -3.54. The van der Waals surface area contributed by atoms with E-state index in [9.17, 15) is 13.2 Å². The molecule has 0 unspecified atom stereocenters. The lowest BCUT2D eigenvalue weighted by Crippen LogP contribution is -2.16. The van der Waals surface area contributed by atoms with Gasteiger partial charge < -0.3 is 5.32 Å². The molecular formula is C23H19ClN6O3S2. The summed E-state index contributed by atoms with van der Waals surface area (Å²) in [6, 6.07) is 15.2. The number of anilines is 2. The summed E-state index contributed by atoms with van der Waals surface area (Å²) < 4.78 is 27.3. The molecule has 4 rings (SSSR count). The first kappa shape index (κ1) is 24.6. The van der Waals surface area contributed by atoms with Crippen LogP contribution >= 0.6 is 23.4 Å². The summed E-state index contributed by atoms with van der Waals surface area (Å²) in [6.45, 7) is 2.03. The molecule has 0 aliphatic heterocycles. The highest BCUT2D eigenvalue weighted by atomic mass is 35.5. The number of carbonyl (C=O) groups is 1. The molecule has 12 heteroatoms. The maximum atomic E-state index is 12.8. The van der Waals surface area contributed by atoms with E-state index in [2.05, 4.69) is 30.0 Å². The highest BCUT2D eigenvalue weighted by Crippen LogP contribution is 2.24. The average molecular weight is 527 g/mol. The third kappa shape index (κ3) is 6.32. The standard InChI is InChI=1S/C23H19ClN6O3S2/c1-15-5-2-3-6-16(15)14-34-23-27-13-19(24)20(29-23)21(31)28-17-7-9-18(10-8-17)35(32,33)30-22-25-11-4-12-26-22/h2-13H,14H2,1H3,(H,28,31)(H,25,26,30). The molecule has 2 N–H and O–H groups in total. The molecule has 0 bridgehead atoms. The monoisotopic (exact) mass is 526 g/mol. The molecule has 0 saturated carbocycles. The molecule has 2 heterocycles. The van der Waals surface area contributed by atoms with Crippen LogP contribution in [-0.2, 0) is 15.8 Å². The van der Waals surface area contributed by atoms with Gasteiger partial charge in [-0.3, -0.25) is 4.79 Å². The largest absolute Gasteiger partial charge is 0.321 e. The van der Waals surface area contributed by atoms with E-state index in [-0.39, 0.29) is 21.6 Å². The van der Waals surface area contributed by atoms with Crippen molar-refractivity contribution in [1.82, 2.24) is 19.9 Å². The number of benzene rings is 2. The van der Waals surface area contributed by atoms with Crippen LogP contribution in [0.25, 0.3) is 0 Å². The Morgan fingerprint density at radius 2 is 1.71 bits per heavy atom. The van der Waals surface area contributed by atoms with E-state index in [1.54, 1.807) is 6.07 Å². The third-order valence-corrected chi connectivity index (χ3v) is 7.30. The summed E-state index contributed by atoms with van der Waals surface area (Å²) in [5, 5.41) is 3.20. The number of nitrogens with one attached hydrogen (secondary N) is 2. The van der Waals surface area contributed by atoms with Gasteiger partial charge in [0.1, 0.15) is 0 Å². The van der Waals surface area contributed by atoms with Crippen molar-refractivity contribution in [2.24, 2.45) is 0 Å². The maximum absolute atomic E-state index is 12.8. The van der Waals surface area contributed by atoms with Gasteiger partial charge in [-0.1, -0.05) is 47.6 Å². The normalized spacial score (nSPS) is 11.1. The maximum Gasteiger partial charge on any atom is 0.275 e. The third-order valence-electron chi connectivity index (χ3n) is 4.77. The number of thioether (sulfide) groups is 1. The first-order valence-electron chi connectivity index (χ1n) is 10.2. The molecule has 0 aliphatic rings. The number of carbonyl (C=O) groups excluding carboxylic acids is 1. The van der Waals surface area contributed by atoms with E-state index >= 15 is 0 Å². The van der Waals surface area contributed by atoms with Gasteiger partial charge in [-0.05, 0) is 48.4 Å². The van der Waals surface area contributed by atoms with Crippen LogP contribution in [0.15, 0.2) is 83.2 Å². The Morgan fingerprint density at radius 1 is 1.00 bits per heavy atom. The van der Waals surface area contributed by atoms with Gasteiger partial charge in [0.25, 0.3) is 15.9 Å². The van der Waals surface area contributed by atoms with Crippen LogP contribution in [-0.4, -0.2) is 34.3 Å². The predicted octanol–water partition coefficient (Wildman–Crippen LogP) is 4.57. The lowest BCUT2D eigenvalue weighted by atomic mass is 10.1. The molecular weight excluding hydrogens is 508 g/mol. The van der Waals surface area contributed by atoms with E-state index in [0.29, 0.717) is 16.6 Å². The number of aryl methyl sites for hydroxylation is 1. The summed E-state index contributed by atoms with van der Waals surface area (Å²) in [5.41, 5.74) is 2.69. The molecule has 2 aromatic heterocycles. The summed E-state index contributed by atoms with van der Waals surface area (Å²) in [6.07, 6.45) is 4.24. The molecule has 1 amide bonds. The van der Waals surface area contributed by atoms with E-state index < -0.39 is 15.9 Å². The van der Waals surface area contributed by atoms with Crippen LogP contribution < -0.4 is 10.0 Å². The van der Waals surface area contributed by atoms with Crippen LogP contribution in [0.2, 0.25) is 5.02 Å². The van der Waals surface area contributed by atoms with Gasteiger partial charge >= 0.3 is 0 Å². The number of amides is 1. The molecule has 0 radical (unpaired) electrons. The molecule has 0 fully saturated rings. The fourth-order valence-corrected chi connectivity index (χ4v) is 4.96. The molecule has 0 aliphatic carbocycles. The predicted molar refractivity (Wildman–Crippen MR) is 135 cm³/mol. The zero-order chi connectivity index (χ0) is 24.8. The first-order chi connectivity index (χ1) is 16.8. The highest BCUT2D eigenvalue weighted by molar-refractivity contribution is 7.98. The van der Waals surface area contributed by atoms with Crippen molar-refractivity contribution in [3.8, 4) is 0 Å². The molecule has 178 valence electrons. The molecule has 0 atom stereocenters. The minimum absolute atomic E-state index is 0.0158. The van der Waals surface area contributed by atoms with Crippen molar-refractivity contribution in [3.63, 3.8) is 0 Å². The van der Waals surface area contributed by atoms with Crippen molar-refractivity contribution in [2.45, 2.75) is 22.7 Å². The van der Waals surface area contributed by atoms with Crippen molar-refractivity contribution in [2.75, 3.05) is 10.0 Å². The van der Waals surface area contributed by atoms with Crippen LogP contribution in [0.4, 0.5) is 11.6 Å². The van der Waals surface area contributed by atoms with Gasteiger partial charge in [0, 0.05) is 23.8 Å². The first-order valence-corrected chi connectivity index (χ1v) is 13.1. The van der Waals surface area contributed by atoms with Gasteiger partial charge in [-0.25, -0.2) is 33.1 Å². The number of hydrogen-bond donors (Lipinski definition) is 2. The minimum atomic E-state index is -3.89.